The molecule has 1 aromatic carbocycles. The number of likely N-dealkylation sites (tertiary alicyclic amines) is 2. The molecule has 5 heteroatoms. The number of amides is 2. The van der Waals surface area contributed by atoms with Crippen LogP contribution in [0.3, 0.4) is 0 Å². The van der Waals surface area contributed by atoms with Crippen LogP contribution in [0.5, 0.6) is 0 Å². The lowest BCUT2D eigenvalue weighted by molar-refractivity contribution is 0.0898. The summed E-state index contributed by atoms with van der Waals surface area (Å²) in [4.78, 5) is 17.1. The van der Waals surface area contributed by atoms with Crippen molar-refractivity contribution in [1.29, 1.82) is 0 Å². The Morgan fingerprint density at radius 2 is 1.96 bits per heavy atom. The minimum atomic E-state index is 0.0447. The molecule has 0 radical (unpaired) electrons. The number of rotatable bonds is 4. The summed E-state index contributed by atoms with van der Waals surface area (Å²) >= 11 is 0. The van der Waals surface area contributed by atoms with E-state index in [9.17, 15) is 4.79 Å². The number of nitrogens with zero attached hydrogens (tertiary/aromatic N) is 2. The summed E-state index contributed by atoms with van der Waals surface area (Å²) in [5, 5.41) is 3.01. The van der Waals surface area contributed by atoms with Crippen LogP contribution in [-0.4, -0.2) is 42.0 Å². The first-order chi connectivity index (χ1) is 12.7. The normalized spacial score (nSPS) is 23.5. The van der Waals surface area contributed by atoms with Crippen LogP contribution in [-0.2, 0) is 13.1 Å². The van der Waals surface area contributed by atoms with Gasteiger partial charge in [-0.05, 0) is 37.4 Å². The molecule has 1 spiro atoms. The van der Waals surface area contributed by atoms with Crippen molar-refractivity contribution in [2.45, 2.75) is 32.4 Å². The van der Waals surface area contributed by atoms with E-state index in [1.54, 1.807) is 12.5 Å². The van der Waals surface area contributed by atoms with E-state index in [1.165, 1.54) is 18.4 Å². The average molecular weight is 353 g/mol. The molecule has 0 bridgehead atoms. The first-order valence-electron chi connectivity index (χ1n) is 9.53. The smallest absolute Gasteiger partial charge is 0.317 e. The third kappa shape index (κ3) is 3.93. The average Bonchev–Trinajstić information content (AvgIpc) is 3.31. The van der Waals surface area contributed by atoms with Gasteiger partial charge < -0.3 is 14.6 Å². The second kappa shape index (κ2) is 7.54. The highest BCUT2D eigenvalue weighted by Crippen LogP contribution is 2.39. The quantitative estimate of drug-likeness (QED) is 0.915. The van der Waals surface area contributed by atoms with Crippen LogP contribution in [0.25, 0.3) is 0 Å². The lowest BCUT2D eigenvalue weighted by Gasteiger charge is -2.40. The summed E-state index contributed by atoms with van der Waals surface area (Å²) in [5.74, 6) is 0. The summed E-state index contributed by atoms with van der Waals surface area (Å²) in [7, 11) is 0. The predicted molar refractivity (Wildman–Crippen MR) is 101 cm³/mol. The summed E-state index contributed by atoms with van der Waals surface area (Å²) in [6.45, 7) is 5.51. The number of nitrogens with one attached hydrogen (secondary N) is 1. The van der Waals surface area contributed by atoms with Gasteiger partial charge in [-0.3, -0.25) is 4.90 Å². The Balaban J connectivity index is 1.32. The number of hydrogen-bond donors (Lipinski definition) is 1. The van der Waals surface area contributed by atoms with Gasteiger partial charge in [0.2, 0.25) is 0 Å². The van der Waals surface area contributed by atoms with E-state index in [2.05, 4.69) is 40.5 Å². The van der Waals surface area contributed by atoms with Crippen LogP contribution in [0.1, 0.15) is 30.4 Å². The van der Waals surface area contributed by atoms with Crippen LogP contribution < -0.4 is 5.32 Å². The standard InChI is InChI=1S/C21H27N3O2/c25-20(22-13-19-7-12-26-15-19)24-11-9-21(17-24)8-4-10-23(16-21)14-18-5-2-1-3-6-18/h1-3,5-7,12,15H,4,8-11,13-14,16-17H2,(H,22,25). The maximum Gasteiger partial charge on any atom is 0.317 e. The Morgan fingerprint density at radius 1 is 1.08 bits per heavy atom. The van der Waals surface area contributed by atoms with Gasteiger partial charge in [0.1, 0.15) is 0 Å². The molecule has 1 N–H and O–H groups in total. The van der Waals surface area contributed by atoms with Crippen LogP contribution in [0.4, 0.5) is 4.79 Å². The van der Waals surface area contributed by atoms with E-state index >= 15 is 0 Å². The fourth-order valence-corrected chi connectivity index (χ4v) is 4.41. The van der Waals surface area contributed by atoms with Crippen LogP contribution in [0, 0.1) is 5.41 Å². The predicted octanol–water partition coefficient (Wildman–Crippen LogP) is 3.48. The minimum absolute atomic E-state index is 0.0447. The molecule has 138 valence electrons. The maximum atomic E-state index is 12.5. The second-order valence-electron chi connectivity index (χ2n) is 7.76. The number of benzene rings is 1. The molecular formula is C21H27N3O2. The van der Waals surface area contributed by atoms with Gasteiger partial charge in [0.05, 0.1) is 12.5 Å². The summed E-state index contributed by atoms with van der Waals surface area (Å²) in [5.41, 5.74) is 2.64. The third-order valence-corrected chi connectivity index (χ3v) is 5.74. The zero-order valence-electron chi connectivity index (χ0n) is 15.2. The van der Waals surface area contributed by atoms with Gasteiger partial charge in [-0.2, -0.15) is 0 Å². The van der Waals surface area contributed by atoms with Crippen molar-refractivity contribution in [2.75, 3.05) is 26.2 Å². The Kier molecular flexibility index (Phi) is 4.98. The molecular weight excluding hydrogens is 326 g/mol. The van der Waals surface area contributed by atoms with Crippen molar-refractivity contribution in [3.63, 3.8) is 0 Å². The van der Waals surface area contributed by atoms with Crippen molar-refractivity contribution >= 4 is 6.03 Å². The molecule has 0 saturated carbocycles. The molecule has 1 unspecified atom stereocenters. The van der Waals surface area contributed by atoms with Crippen molar-refractivity contribution in [1.82, 2.24) is 15.1 Å². The molecule has 2 amide bonds. The zero-order valence-corrected chi connectivity index (χ0v) is 15.2. The molecule has 1 aromatic heterocycles. The van der Waals surface area contributed by atoms with Crippen molar-refractivity contribution < 1.29 is 9.21 Å². The number of carbonyl (C=O) groups excluding carboxylic acids is 1. The van der Waals surface area contributed by atoms with Crippen molar-refractivity contribution in [3.05, 3.63) is 60.1 Å². The first kappa shape index (κ1) is 17.2. The number of hydrogen-bond acceptors (Lipinski definition) is 3. The Hall–Kier alpha value is -2.27. The van der Waals surface area contributed by atoms with Gasteiger partial charge in [-0.1, -0.05) is 30.3 Å². The highest BCUT2D eigenvalue weighted by atomic mass is 16.3. The van der Waals surface area contributed by atoms with Crippen molar-refractivity contribution in [3.8, 4) is 0 Å². The third-order valence-electron chi connectivity index (χ3n) is 5.74. The number of furan rings is 1. The summed E-state index contributed by atoms with van der Waals surface area (Å²) in [6, 6.07) is 12.6. The topological polar surface area (TPSA) is 48.7 Å². The second-order valence-corrected chi connectivity index (χ2v) is 7.76. The van der Waals surface area contributed by atoms with Crippen molar-refractivity contribution in [2.24, 2.45) is 5.41 Å². The van der Waals surface area contributed by atoms with Gasteiger partial charge in [0.25, 0.3) is 0 Å². The van der Waals surface area contributed by atoms with Crippen LogP contribution >= 0.6 is 0 Å². The molecule has 1 atom stereocenters. The molecule has 2 saturated heterocycles. The van der Waals surface area contributed by atoms with E-state index in [1.807, 2.05) is 11.0 Å². The summed E-state index contributed by atoms with van der Waals surface area (Å²) < 4.78 is 5.05. The molecule has 4 rings (SSSR count). The van der Waals surface area contributed by atoms with E-state index in [0.29, 0.717) is 6.54 Å². The molecule has 3 heterocycles. The van der Waals surface area contributed by atoms with E-state index < -0.39 is 0 Å². The molecule has 2 fully saturated rings. The first-order valence-corrected chi connectivity index (χ1v) is 9.53. The lowest BCUT2D eigenvalue weighted by atomic mass is 9.79. The Morgan fingerprint density at radius 3 is 2.77 bits per heavy atom. The number of piperidine rings is 1. The fourth-order valence-electron chi connectivity index (χ4n) is 4.41. The molecule has 2 aliphatic heterocycles. The van der Waals surface area contributed by atoms with Gasteiger partial charge in [0, 0.05) is 43.7 Å². The Bertz CT molecular complexity index is 716. The molecule has 5 nitrogen and oxygen atoms in total. The highest BCUT2D eigenvalue weighted by molar-refractivity contribution is 5.74. The lowest BCUT2D eigenvalue weighted by Crippen LogP contribution is -2.46. The van der Waals surface area contributed by atoms with E-state index in [0.717, 1.165) is 44.7 Å². The van der Waals surface area contributed by atoms with Gasteiger partial charge in [-0.25, -0.2) is 4.79 Å². The highest BCUT2D eigenvalue weighted by Gasteiger charge is 2.42. The largest absolute Gasteiger partial charge is 0.472 e. The molecule has 2 aliphatic rings. The Labute approximate surface area is 155 Å². The molecule has 2 aromatic rings. The summed E-state index contributed by atoms with van der Waals surface area (Å²) in [6.07, 6.45) is 6.86. The van der Waals surface area contributed by atoms with Gasteiger partial charge in [0.15, 0.2) is 0 Å². The van der Waals surface area contributed by atoms with E-state index in [4.69, 9.17) is 4.42 Å². The number of urea groups is 1. The SMILES string of the molecule is O=C(NCc1ccoc1)N1CCC2(CCCN(Cc3ccccc3)C2)C1. The zero-order chi connectivity index (χ0) is 17.8. The van der Waals surface area contributed by atoms with Crippen LogP contribution in [0.2, 0.25) is 0 Å². The van der Waals surface area contributed by atoms with E-state index in [-0.39, 0.29) is 11.4 Å². The van der Waals surface area contributed by atoms with Gasteiger partial charge in [-0.15, -0.1) is 0 Å². The molecule has 0 aliphatic carbocycles. The molecule has 26 heavy (non-hydrogen) atoms. The number of carbonyl (C=O) groups is 1. The maximum absolute atomic E-state index is 12.5. The monoisotopic (exact) mass is 353 g/mol. The fraction of sp³-hybridized carbons (Fsp3) is 0.476. The van der Waals surface area contributed by atoms with Crippen LogP contribution in [0.15, 0.2) is 53.3 Å². The minimum Gasteiger partial charge on any atom is -0.472 e. The van der Waals surface area contributed by atoms with Gasteiger partial charge >= 0.3 is 6.03 Å².